The molecule has 0 unspecified atom stereocenters. The van der Waals surface area contributed by atoms with Crippen molar-refractivity contribution in [2.45, 2.75) is 0 Å². The topological polar surface area (TPSA) is 37.3 Å². The SMILES string of the molecule is [2H]C(=O)c1cccc(O)c1. The van der Waals surface area contributed by atoms with Crippen molar-refractivity contribution < 1.29 is 11.3 Å². The van der Waals surface area contributed by atoms with Crippen LogP contribution in [0.2, 0.25) is 0 Å². The number of hydrogen-bond acceptors (Lipinski definition) is 2. The summed E-state index contributed by atoms with van der Waals surface area (Å²) in [6, 6.07) is 5.72. The first kappa shape index (κ1) is 4.56. The Bertz CT molecular complexity index is 258. The van der Waals surface area contributed by atoms with E-state index in [-0.39, 0.29) is 11.3 Å². The van der Waals surface area contributed by atoms with Crippen LogP contribution in [0.15, 0.2) is 24.3 Å². The Morgan fingerprint density at radius 2 is 2.44 bits per heavy atom. The molecule has 0 spiro atoms. The van der Waals surface area contributed by atoms with Crippen LogP contribution in [0.3, 0.4) is 0 Å². The van der Waals surface area contributed by atoms with Gasteiger partial charge in [-0.3, -0.25) is 4.79 Å². The lowest BCUT2D eigenvalue weighted by molar-refractivity contribution is 0.112. The number of aldehydes is 1. The lowest BCUT2D eigenvalue weighted by Crippen LogP contribution is -1.75. The van der Waals surface area contributed by atoms with Crippen LogP contribution in [0, 0.1) is 0 Å². The summed E-state index contributed by atoms with van der Waals surface area (Å²) >= 11 is 0. The highest BCUT2D eigenvalue weighted by atomic mass is 16.3. The van der Waals surface area contributed by atoms with Crippen molar-refractivity contribution in [1.82, 2.24) is 0 Å². The van der Waals surface area contributed by atoms with Gasteiger partial charge in [0.15, 0.2) is 0 Å². The van der Waals surface area contributed by atoms with Gasteiger partial charge in [-0.15, -0.1) is 0 Å². The van der Waals surface area contributed by atoms with E-state index in [1.54, 1.807) is 0 Å². The number of rotatable bonds is 1. The van der Waals surface area contributed by atoms with Gasteiger partial charge < -0.3 is 5.11 Å². The first-order valence-corrected chi connectivity index (χ1v) is 2.50. The van der Waals surface area contributed by atoms with E-state index < -0.39 is 6.26 Å². The van der Waals surface area contributed by atoms with Crippen LogP contribution in [-0.4, -0.2) is 11.4 Å². The molecular weight excluding hydrogens is 116 g/mol. The highest BCUT2D eigenvalue weighted by Gasteiger charge is 1.88. The van der Waals surface area contributed by atoms with Crippen molar-refractivity contribution in [3.8, 4) is 5.75 Å². The van der Waals surface area contributed by atoms with Crippen LogP contribution < -0.4 is 0 Å². The summed E-state index contributed by atoms with van der Waals surface area (Å²) in [4.78, 5) is 10.4. The number of aromatic hydroxyl groups is 1. The molecule has 1 aromatic rings. The van der Waals surface area contributed by atoms with Gasteiger partial charge in [0.25, 0.3) is 0 Å². The number of phenolic OH excluding ortho intramolecular Hbond substituents is 1. The average molecular weight is 123 g/mol. The van der Waals surface area contributed by atoms with Gasteiger partial charge in [-0.05, 0) is 12.1 Å². The first-order chi connectivity index (χ1) is 4.70. The Balaban J connectivity index is 3.07. The molecule has 0 bridgehead atoms. The Kier molecular flexibility index (Phi) is 1.17. The van der Waals surface area contributed by atoms with E-state index in [0.29, 0.717) is 0 Å². The molecular formula is C7H6O2. The predicted molar refractivity (Wildman–Crippen MR) is 33.5 cm³/mol. The van der Waals surface area contributed by atoms with E-state index >= 15 is 0 Å². The monoisotopic (exact) mass is 123 g/mol. The maximum atomic E-state index is 10.4. The summed E-state index contributed by atoms with van der Waals surface area (Å²) in [7, 11) is 0. The smallest absolute Gasteiger partial charge is 0.150 e. The molecule has 0 saturated heterocycles. The normalized spacial score (nSPS) is 10.4. The van der Waals surface area contributed by atoms with E-state index in [0.717, 1.165) is 0 Å². The maximum absolute atomic E-state index is 10.4. The lowest BCUT2D eigenvalue weighted by atomic mass is 10.2. The average Bonchev–Trinajstić information content (AvgIpc) is 1.88. The summed E-state index contributed by atoms with van der Waals surface area (Å²) in [6.07, 6.45) is -0.782. The third kappa shape index (κ3) is 1.29. The molecule has 0 heterocycles. The van der Waals surface area contributed by atoms with Gasteiger partial charge in [0.05, 0.1) is 0 Å². The van der Waals surface area contributed by atoms with Crippen molar-refractivity contribution in [1.29, 1.82) is 0 Å². The molecule has 0 atom stereocenters. The van der Waals surface area contributed by atoms with Crippen molar-refractivity contribution >= 4 is 6.26 Å². The second-order valence-corrected chi connectivity index (χ2v) is 1.65. The zero-order valence-electron chi connectivity index (χ0n) is 5.66. The fourth-order valence-corrected chi connectivity index (χ4v) is 0.569. The minimum absolute atomic E-state index is 0.0121. The quantitative estimate of drug-likeness (QED) is 0.570. The molecule has 0 aliphatic rings. The van der Waals surface area contributed by atoms with Gasteiger partial charge in [0.2, 0.25) is 0 Å². The highest BCUT2D eigenvalue weighted by molar-refractivity contribution is 5.75. The fraction of sp³-hybridized carbons (Fsp3) is 0. The molecule has 1 rings (SSSR count). The van der Waals surface area contributed by atoms with Crippen molar-refractivity contribution in [3.63, 3.8) is 0 Å². The molecule has 2 nitrogen and oxygen atoms in total. The Morgan fingerprint density at radius 1 is 1.67 bits per heavy atom. The maximum Gasteiger partial charge on any atom is 0.150 e. The second-order valence-electron chi connectivity index (χ2n) is 1.65. The highest BCUT2D eigenvalue weighted by Crippen LogP contribution is 2.07. The molecule has 0 aliphatic heterocycles. The third-order valence-corrected chi connectivity index (χ3v) is 0.964. The van der Waals surface area contributed by atoms with Crippen LogP contribution >= 0.6 is 0 Å². The zero-order chi connectivity index (χ0) is 7.56. The minimum atomic E-state index is -0.782. The number of carbonyl (C=O) groups excluding carboxylic acids is 1. The molecule has 0 aliphatic carbocycles. The van der Waals surface area contributed by atoms with Crippen molar-refractivity contribution in [2.75, 3.05) is 0 Å². The molecule has 46 valence electrons. The van der Waals surface area contributed by atoms with Gasteiger partial charge in [-0.1, -0.05) is 12.1 Å². The number of carbonyl (C=O) groups is 1. The standard InChI is InChI=1S/C7H6O2/c8-5-6-2-1-3-7(9)4-6/h1-5,9H/i5D. The van der Waals surface area contributed by atoms with E-state index in [2.05, 4.69) is 0 Å². The molecule has 0 fully saturated rings. The summed E-state index contributed by atoms with van der Waals surface area (Å²) in [5.74, 6) is 0.0121. The molecule has 0 aromatic heterocycles. The third-order valence-electron chi connectivity index (χ3n) is 0.964. The molecule has 0 radical (unpaired) electrons. The van der Waals surface area contributed by atoms with Crippen molar-refractivity contribution in [3.05, 3.63) is 29.8 Å². The van der Waals surface area contributed by atoms with Gasteiger partial charge >= 0.3 is 0 Å². The molecule has 1 aromatic carbocycles. The second kappa shape index (κ2) is 2.31. The van der Waals surface area contributed by atoms with Gasteiger partial charge in [0, 0.05) is 5.56 Å². The van der Waals surface area contributed by atoms with Crippen LogP contribution in [0.4, 0.5) is 0 Å². The van der Waals surface area contributed by atoms with Crippen LogP contribution in [0.1, 0.15) is 11.7 Å². The number of hydrogen-bond donors (Lipinski definition) is 1. The van der Waals surface area contributed by atoms with E-state index in [9.17, 15) is 4.79 Å². The summed E-state index contributed by atoms with van der Waals surface area (Å²) in [6.45, 7) is 0. The fourth-order valence-electron chi connectivity index (χ4n) is 0.569. The first-order valence-electron chi connectivity index (χ1n) is 3.00. The zero-order valence-corrected chi connectivity index (χ0v) is 4.66. The summed E-state index contributed by atoms with van der Waals surface area (Å²) < 4.78 is 6.67. The minimum Gasteiger partial charge on any atom is -0.508 e. The summed E-state index contributed by atoms with van der Waals surface area (Å²) in [5.41, 5.74) is 0.208. The Morgan fingerprint density at radius 3 is 2.89 bits per heavy atom. The van der Waals surface area contributed by atoms with E-state index in [1.165, 1.54) is 24.3 Å². The molecule has 9 heavy (non-hydrogen) atoms. The number of phenols is 1. The number of benzene rings is 1. The van der Waals surface area contributed by atoms with Gasteiger partial charge in [-0.25, -0.2) is 0 Å². The van der Waals surface area contributed by atoms with E-state index in [1.807, 2.05) is 0 Å². The molecule has 2 heteroatoms. The van der Waals surface area contributed by atoms with Crippen LogP contribution in [0.5, 0.6) is 5.75 Å². The van der Waals surface area contributed by atoms with Crippen LogP contribution in [-0.2, 0) is 0 Å². The Labute approximate surface area is 54.2 Å². The predicted octanol–water partition coefficient (Wildman–Crippen LogP) is 1.20. The van der Waals surface area contributed by atoms with Crippen LogP contribution in [0.25, 0.3) is 0 Å². The molecule has 1 N–H and O–H groups in total. The van der Waals surface area contributed by atoms with Gasteiger partial charge in [0.1, 0.15) is 13.4 Å². The molecule has 0 saturated carbocycles. The lowest BCUT2D eigenvalue weighted by Gasteiger charge is -1.89. The van der Waals surface area contributed by atoms with Gasteiger partial charge in [-0.2, -0.15) is 0 Å². The largest absolute Gasteiger partial charge is 0.508 e. The summed E-state index contributed by atoms with van der Waals surface area (Å²) in [5, 5.41) is 8.83. The molecule has 0 amide bonds. The Hall–Kier alpha value is -1.31. The van der Waals surface area contributed by atoms with Crippen molar-refractivity contribution in [2.24, 2.45) is 0 Å². The van der Waals surface area contributed by atoms with E-state index in [4.69, 9.17) is 6.48 Å².